The first kappa shape index (κ1) is 20.3. The molecule has 1 fully saturated rings. The van der Waals surface area contributed by atoms with Crippen molar-refractivity contribution in [2.75, 3.05) is 24.5 Å². The number of carbonyl (C=O) groups is 1. The molecule has 0 bridgehead atoms. The average molecular weight is 424 g/mol. The number of halogens is 2. The summed E-state index contributed by atoms with van der Waals surface area (Å²) in [7, 11) is 0. The van der Waals surface area contributed by atoms with E-state index in [4.69, 9.17) is 11.6 Å². The fraction of sp³-hybridized carbons (Fsp3) is 0.350. The van der Waals surface area contributed by atoms with Crippen molar-refractivity contribution in [3.8, 4) is 0 Å². The van der Waals surface area contributed by atoms with Gasteiger partial charge < -0.3 is 5.32 Å². The minimum absolute atomic E-state index is 0. The maximum absolute atomic E-state index is 13.1. The fourth-order valence-corrected chi connectivity index (χ4v) is 5.11. The molecule has 0 saturated carbocycles. The van der Waals surface area contributed by atoms with E-state index in [0.717, 1.165) is 40.7 Å². The van der Waals surface area contributed by atoms with Crippen molar-refractivity contribution in [1.82, 2.24) is 10.2 Å². The van der Waals surface area contributed by atoms with Gasteiger partial charge in [-0.05, 0) is 56.3 Å². The van der Waals surface area contributed by atoms with Crippen LogP contribution in [0.2, 0.25) is 5.02 Å². The zero-order chi connectivity index (χ0) is 18.1. The summed E-state index contributed by atoms with van der Waals surface area (Å²) < 4.78 is 0. The molecule has 7 heteroatoms. The first-order valence-corrected chi connectivity index (χ1v) is 10.2. The molecule has 2 aliphatic heterocycles. The number of urea groups is 1. The molecule has 0 aromatic heterocycles. The molecule has 144 valence electrons. The summed E-state index contributed by atoms with van der Waals surface area (Å²) in [4.78, 5) is 19.4. The number of carbonyl (C=O) groups excluding carboxylic acids is 1. The average Bonchev–Trinajstić information content (AvgIpc) is 3.11. The quantitative estimate of drug-likeness (QED) is 0.701. The number of nitrogens with one attached hydrogen (secondary N) is 1. The highest BCUT2D eigenvalue weighted by Crippen LogP contribution is 2.48. The Hall–Kier alpha value is -1.40. The second-order valence-corrected chi connectivity index (χ2v) is 8.15. The lowest BCUT2D eigenvalue weighted by atomic mass is 10.2. The Bertz CT molecular complexity index is 833. The predicted molar refractivity (Wildman–Crippen MR) is 115 cm³/mol. The maximum Gasteiger partial charge on any atom is 0.326 e. The Morgan fingerprint density at radius 2 is 2.00 bits per heavy atom. The predicted octanol–water partition coefficient (Wildman–Crippen LogP) is 5.56. The highest BCUT2D eigenvalue weighted by atomic mass is 35.5. The number of anilines is 2. The zero-order valence-corrected chi connectivity index (χ0v) is 17.5. The van der Waals surface area contributed by atoms with E-state index in [9.17, 15) is 4.79 Å². The highest BCUT2D eigenvalue weighted by Gasteiger charge is 2.30. The third-order valence-corrected chi connectivity index (χ3v) is 6.43. The van der Waals surface area contributed by atoms with E-state index in [-0.39, 0.29) is 18.4 Å². The number of amides is 2. The Balaban J connectivity index is 0.00000210. The maximum atomic E-state index is 13.1. The van der Waals surface area contributed by atoms with Crippen LogP contribution in [-0.4, -0.2) is 36.6 Å². The van der Waals surface area contributed by atoms with Crippen LogP contribution < -0.4 is 10.2 Å². The molecule has 1 unspecified atom stereocenters. The molecule has 27 heavy (non-hydrogen) atoms. The number of benzene rings is 2. The lowest BCUT2D eigenvalue weighted by molar-refractivity contribution is 0.235. The standard InChI is InChI=1S/C20H22ClN3OS.ClH/c1-2-23-11-5-6-15(23)13-22-20(25)24-16-7-3-4-8-18(16)26-19-12-14(21)9-10-17(19)24;/h3-4,7-10,12,15H,2,5-6,11,13H2,1H3,(H,22,25);1H. The molecule has 2 aromatic carbocycles. The van der Waals surface area contributed by atoms with Gasteiger partial charge in [0.05, 0.1) is 11.4 Å². The molecule has 2 amide bonds. The number of hydrogen-bond donors (Lipinski definition) is 1. The summed E-state index contributed by atoms with van der Waals surface area (Å²) in [5.41, 5.74) is 1.80. The summed E-state index contributed by atoms with van der Waals surface area (Å²) >= 11 is 7.82. The van der Waals surface area contributed by atoms with Gasteiger partial charge in [0.1, 0.15) is 0 Å². The summed E-state index contributed by atoms with van der Waals surface area (Å²) in [6, 6.07) is 14.0. The Labute approximate surface area is 175 Å². The SMILES string of the molecule is CCN1CCCC1CNC(=O)N1c2ccccc2Sc2cc(Cl)ccc21.Cl. The van der Waals surface area contributed by atoms with Crippen LogP contribution in [-0.2, 0) is 0 Å². The van der Waals surface area contributed by atoms with Crippen LogP contribution in [0.1, 0.15) is 19.8 Å². The topological polar surface area (TPSA) is 35.6 Å². The molecule has 1 saturated heterocycles. The first-order chi connectivity index (χ1) is 12.7. The van der Waals surface area contributed by atoms with Crippen LogP contribution in [0.3, 0.4) is 0 Å². The molecule has 4 rings (SSSR count). The van der Waals surface area contributed by atoms with Gasteiger partial charge in [-0.1, -0.05) is 42.4 Å². The Kier molecular flexibility index (Phi) is 6.58. The molecule has 2 aliphatic rings. The molecule has 4 nitrogen and oxygen atoms in total. The van der Waals surface area contributed by atoms with E-state index in [1.54, 1.807) is 16.7 Å². The van der Waals surface area contributed by atoms with Crippen molar-refractivity contribution in [1.29, 1.82) is 0 Å². The molecule has 2 aromatic rings. The van der Waals surface area contributed by atoms with Crippen LogP contribution in [0.15, 0.2) is 52.3 Å². The second kappa shape index (κ2) is 8.74. The number of hydrogen-bond acceptors (Lipinski definition) is 3. The summed E-state index contributed by atoms with van der Waals surface area (Å²) in [6.07, 6.45) is 2.35. The van der Waals surface area contributed by atoms with Gasteiger partial charge >= 0.3 is 6.03 Å². The molecular weight excluding hydrogens is 401 g/mol. The van der Waals surface area contributed by atoms with E-state index in [1.165, 1.54) is 6.42 Å². The van der Waals surface area contributed by atoms with E-state index in [2.05, 4.69) is 17.1 Å². The smallest absolute Gasteiger partial charge is 0.326 e. The van der Waals surface area contributed by atoms with Crippen LogP contribution in [0, 0.1) is 0 Å². The van der Waals surface area contributed by atoms with E-state index < -0.39 is 0 Å². The zero-order valence-electron chi connectivity index (χ0n) is 15.2. The highest BCUT2D eigenvalue weighted by molar-refractivity contribution is 7.99. The molecule has 0 radical (unpaired) electrons. The number of likely N-dealkylation sites (N-methyl/N-ethyl adjacent to an activating group) is 1. The summed E-state index contributed by atoms with van der Waals surface area (Å²) in [5.74, 6) is 0. The van der Waals surface area contributed by atoms with Gasteiger partial charge in [-0.15, -0.1) is 12.4 Å². The normalized spacial score (nSPS) is 18.4. The number of para-hydroxylation sites is 1. The molecular formula is C20H23Cl2N3OS. The Morgan fingerprint density at radius 3 is 2.81 bits per heavy atom. The summed E-state index contributed by atoms with van der Waals surface area (Å²) in [5, 5.41) is 3.84. The molecule has 0 aliphatic carbocycles. The van der Waals surface area contributed by atoms with Gasteiger partial charge in [-0.3, -0.25) is 9.80 Å². The molecule has 1 atom stereocenters. The van der Waals surface area contributed by atoms with Crippen molar-refractivity contribution in [3.05, 3.63) is 47.5 Å². The lowest BCUT2D eigenvalue weighted by Crippen LogP contribution is -2.45. The molecule has 1 N–H and O–H groups in total. The van der Waals surface area contributed by atoms with E-state index in [0.29, 0.717) is 17.6 Å². The molecule has 0 spiro atoms. The van der Waals surface area contributed by atoms with Crippen molar-refractivity contribution < 1.29 is 4.79 Å². The van der Waals surface area contributed by atoms with Gasteiger partial charge in [0.2, 0.25) is 0 Å². The number of likely N-dealkylation sites (tertiary alicyclic amines) is 1. The minimum atomic E-state index is -0.0794. The number of rotatable bonds is 3. The third-order valence-electron chi connectivity index (χ3n) is 5.09. The van der Waals surface area contributed by atoms with E-state index in [1.807, 2.05) is 42.5 Å². The van der Waals surface area contributed by atoms with Crippen molar-refractivity contribution in [2.45, 2.75) is 35.6 Å². The van der Waals surface area contributed by atoms with Gasteiger partial charge in [-0.25, -0.2) is 4.79 Å². The number of nitrogens with zero attached hydrogens (tertiary/aromatic N) is 2. The monoisotopic (exact) mass is 423 g/mol. The largest absolute Gasteiger partial charge is 0.336 e. The van der Waals surface area contributed by atoms with Crippen LogP contribution >= 0.6 is 35.8 Å². The number of fused-ring (bicyclic) bond motifs is 2. The van der Waals surface area contributed by atoms with Crippen LogP contribution in [0.4, 0.5) is 16.2 Å². The molecule has 2 heterocycles. The van der Waals surface area contributed by atoms with Gasteiger partial charge in [0, 0.05) is 27.4 Å². The lowest BCUT2D eigenvalue weighted by Gasteiger charge is -2.32. The Morgan fingerprint density at radius 1 is 1.22 bits per heavy atom. The van der Waals surface area contributed by atoms with Gasteiger partial charge in [0.15, 0.2) is 0 Å². The van der Waals surface area contributed by atoms with Crippen molar-refractivity contribution in [2.24, 2.45) is 0 Å². The first-order valence-electron chi connectivity index (χ1n) is 9.06. The van der Waals surface area contributed by atoms with Gasteiger partial charge in [-0.2, -0.15) is 0 Å². The van der Waals surface area contributed by atoms with Gasteiger partial charge in [0.25, 0.3) is 0 Å². The van der Waals surface area contributed by atoms with Crippen LogP contribution in [0.5, 0.6) is 0 Å². The second-order valence-electron chi connectivity index (χ2n) is 6.63. The van der Waals surface area contributed by atoms with Crippen molar-refractivity contribution in [3.63, 3.8) is 0 Å². The van der Waals surface area contributed by atoms with Crippen LogP contribution in [0.25, 0.3) is 0 Å². The minimum Gasteiger partial charge on any atom is -0.336 e. The van der Waals surface area contributed by atoms with Crippen molar-refractivity contribution >= 4 is 53.2 Å². The third kappa shape index (κ3) is 4.06. The van der Waals surface area contributed by atoms with E-state index >= 15 is 0 Å². The fourth-order valence-electron chi connectivity index (χ4n) is 3.78. The summed E-state index contributed by atoms with van der Waals surface area (Å²) in [6.45, 7) is 5.02.